The Labute approximate surface area is 159 Å². The van der Waals surface area contributed by atoms with E-state index in [2.05, 4.69) is 12.1 Å². The maximum Gasteiger partial charge on any atom is 0.306 e. The molecule has 0 fully saturated rings. The smallest absolute Gasteiger partial charge is 0.306 e. The second kappa shape index (κ2) is 8.41. The average Bonchev–Trinajstić information content (AvgIpc) is 2.68. The van der Waals surface area contributed by atoms with E-state index in [0.717, 1.165) is 33.5 Å². The van der Waals surface area contributed by atoms with Gasteiger partial charge in [-0.25, -0.2) is 0 Å². The molecule has 0 saturated heterocycles. The van der Waals surface area contributed by atoms with Crippen molar-refractivity contribution in [1.29, 1.82) is 0 Å². The van der Waals surface area contributed by atoms with Crippen LogP contribution in [0.15, 0.2) is 66.7 Å². The van der Waals surface area contributed by atoms with Crippen LogP contribution in [0.1, 0.15) is 18.9 Å². The molecule has 0 aromatic heterocycles. The molecule has 138 valence electrons. The average molecular weight is 360 g/mol. The van der Waals surface area contributed by atoms with Crippen LogP contribution in [0.5, 0.6) is 0 Å². The van der Waals surface area contributed by atoms with Gasteiger partial charge in [0.25, 0.3) is 0 Å². The Morgan fingerprint density at radius 2 is 1.59 bits per heavy atom. The fourth-order valence-corrected chi connectivity index (χ4v) is 3.09. The normalized spacial score (nSPS) is 10.6. The number of hydrogen-bond acceptors (Lipinski definition) is 4. The van der Waals surface area contributed by atoms with Crippen molar-refractivity contribution in [2.24, 2.45) is 0 Å². The van der Waals surface area contributed by atoms with Crippen LogP contribution in [-0.2, 0) is 16.0 Å². The molecule has 0 radical (unpaired) electrons. The van der Waals surface area contributed by atoms with Crippen LogP contribution in [0.25, 0.3) is 22.3 Å². The van der Waals surface area contributed by atoms with E-state index in [9.17, 15) is 4.79 Å². The molecular weight excluding hydrogens is 336 g/mol. The lowest BCUT2D eigenvalue weighted by Gasteiger charge is -2.13. The monoisotopic (exact) mass is 360 g/mol. The standard InChI is InChI=1S/C23H24N2O2/c1-2-27-23(26)13-6-16-4-3-5-18(14-16)22-15-20(25)11-12-21(22)17-7-9-19(24)10-8-17/h3-5,7-12,14-15H,2,6,13,24-25H2,1H3. The predicted octanol–water partition coefficient (Wildman–Crippen LogP) is 4.68. The summed E-state index contributed by atoms with van der Waals surface area (Å²) in [6.45, 7) is 2.23. The van der Waals surface area contributed by atoms with Crippen molar-refractivity contribution in [3.63, 3.8) is 0 Å². The van der Waals surface area contributed by atoms with Crippen molar-refractivity contribution >= 4 is 17.3 Å². The number of anilines is 2. The predicted molar refractivity (Wildman–Crippen MR) is 111 cm³/mol. The second-order valence-electron chi connectivity index (χ2n) is 6.43. The first kappa shape index (κ1) is 18.5. The van der Waals surface area contributed by atoms with Crippen LogP contribution in [0, 0.1) is 0 Å². The first-order valence-corrected chi connectivity index (χ1v) is 9.07. The molecule has 4 heteroatoms. The van der Waals surface area contributed by atoms with Crippen LogP contribution < -0.4 is 11.5 Å². The number of rotatable bonds is 6. The van der Waals surface area contributed by atoms with Gasteiger partial charge in [-0.05, 0) is 65.4 Å². The van der Waals surface area contributed by atoms with Crippen molar-refractivity contribution in [3.8, 4) is 22.3 Å². The summed E-state index contributed by atoms with van der Waals surface area (Å²) in [5.41, 5.74) is 18.7. The minimum Gasteiger partial charge on any atom is -0.466 e. The van der Waals surface area contributed by atoms with Gasteiger partial charge in [-0.3, -0.25) is 4.79 Å². The van der Waals surface area contributed by atoms with Crippen molar-refractivity contribution in [1.82, 2.24) is 0 Å². The molecule has 4 nitrogen and oxygen atoms in total. The molecule has 0 atom stereocenters. The minimum atomic E-state index is -0.172. The zero-order valence-electron chi connectivity index (χ0n) is 15.4. The summed E-state index contributed by atoms with van der Waals surface area (Å²) in [4.78, 5) is 11.6. The zero-order chi connectivity index (χ0) is 19.2. The molecule has 0 amide bonds. The van der Waals surface area contributed by atoms with Crippen molar-refractivity contribution in [2.75, 3.05) is 18.1 Å². The Hall–Kier alpha value is -3.27. The Morgan fingerprint density at radius 3 is 2.33 bits per heavy atom. The summed E-state index contributed by atoms with van der Waals surface area (Å²) >= 11 is 0. The van der Waals surface area contributed by atoms with E-state index in [0.29, 0.717) is 25.1 Å². The Kier molecular flexibility index (Phi) is 5.77. The van der Waals surface area contributed by atoms with Gasteiger partial charge < -0.3 is 16.2 Å². The quantitative estimate of drug-likeness (QED) is 0.494. The summed E-state index contributed by atoms with van der Waals surface area (Å²) in [6, 6.07) is 21.9. The summed E-state index contributed by atoms with van der Waals surface area (Å²) in [7, 11) is 0. The topological polar surface area (TPSA) is 78.3 Å². The molecular formula is C23H24N2O2. The fraction of sp³-hybridized carbons (Fsp3) is 0.174. The lowest BCUT2D eigenvalue weighted by molar-refractivity contribution is -0.143. The van der Waals surface area contributed by atoms with Crippen molar-refractivity contribution in [2.45, 2.75) is 19.8 Å². The number of ether oxygens (including phenoxy) is 1. The molecule has 0 bridgehead atoms. The molecule has 0 saturated carbocycles. The minimum absolute atomic E-state index is 0.172. The highest BCUT2D eigenvalue weighted by Gasteiger charge is 2.10. The second-order valence-corrected chi connectivity index (χ2v) is 6.43. The molecule has 3 aromatic carbocycles. The van der Waals surface area contributed by atoms with E-state index in [1.807, 2.05) is 61.5 Å². The number of benzene rings is 3. The van der Waals surface area contributed by atoms with E-state index in [-0.39, 0.29) is 5.97 Å². The van der Waals surface area contributed by atoms with Gasteiger partial charge in [0.2, 0.25) is 0 Å². The highest BCUT2D eigenvalue weighted by atomic mass is 16.5. The van der Waals surface area contributed by atoms with E-state index in [4.69, 9.17) is 16.2 Å². The molecule has 3 rings (SSSR count). The van der Waals surface area contributed by atoms with Gasteiger partial charge in [0, 0.05) is 17.8 Å². The first-order chi connectivity index (χ1) is 13.1. The van der Waals surface area contributed by atoms with Crippen molar-refractivity contribution in [3.05, 3.63) is 72.3 Å². The first-order valence-electron chi connectivity index (χ1n) is 9.07. The van der Waals surface area contributed by atoms with E-state index in [1.165, 1.54) is 0 Å². The molecule has 0 heterocycles. The number of nitrogens with two attached hydrogens (primary N) is 2. The van der Waals surface area contributed by atoms with E-state index in [1.54, 1.807) is 0 Å². The van der Waals surface area contributed by atoms with E-state index < -0.39 is 0 Å². The lowest BCUT2D eigenvalue weighted by atomic mass is 9.92. The van der Waals surface area contributed by atoms with E-state index >= 15 is 0 Å². The third-order valence-electron chi connectivity index (χ3n) is 4.43. The van der Waals surface area contributed by atoms with Gasteiger partial charge in [-0.15, -0.1) is 0 Å². The van der Waals surface area contributed by atoms with Gasteiger partial charge in [-0.1, -0.05) is 42.5 Å². The number of carbonyl (C=O) groups excluding carboxylic acids is 1. The summed E-state index contributed by atoms with van der Waals surface area (Å²) < 4.78 is 5.02. The third kappa shape index (κ3) is 4.67. The number of hydrogen-bond donors (Lipinski definition) is 2. The highest BCUT2D eigenvalue weighted by molar-refractivity contribution is 5.86. The van der Waals surface area contributed by atoms with Crippen LogP contribution in [0.4, 0.5) is 11.4 Å². The number of nitrogen functional groups attached to an aromatic ring is 2. The number of aryl methyl sites for hydroxylation is 1. The third-order valence-corrected chi connectivity index (χ3v) is 4.43. The Morgan fingerprint density at radius 1 is 0.852 bits per heavy atom. The molecule has 0 spiro atoms. The van der Waals surface area contributed by atoms with Crippen molar-refractivity contribution < 1.29 is 9.53 Å². The summed E-state index contributed by atoms with van der Waals surface area (Å²) in [5.74, 6) is -0.172. The molecule has 0 aliphatic heterocycles. The van der Waals surface area contributed by atoms with Gasteiger partial charge in [-0.2, -0.15) is 0 Å². The molecule has 27 heavy (non-hydrogen) atoms. The van der Waals surface area contributed by atoms with Gasteiger partial charge in [0.15, 0.2) is 0 Å². The Bertz CT molecular complexity index is 933. The largest absolute Gasteiger partial charge is 0.466 e. The molecule has 3 aromatic rings. The number of carbonyl (C=O) groups is 1. The molecule has 0 aliphatic carbocycles. The zero-order valence-corrected chi connectivity index (χ0v) is 15.4. The maximum absolute atomic E-state index is 11.6. The summed E-state index contributed by atoms with van der Waals surface area (Å²) in [6.07, 6.45) is 1.02. The number of esters is 1. The van der Waals surface area contributed by atoms with Crippen LogP contribution in [-0.4, -0.2) is 12.6 Å². The maximum atomic E-state index is 11.6. The van der Waals surface area contributed by atoms with Gasteiger partial charge in [0.1, 0.15) is 0 Å². The van der Waals surface area contributed by atoms with Gasteiger partial charge >= 0.3 is 5.97 Å². The van der Waals surface area contributed by atoms with Gasteiger partial charge in [0.05, 0.1) is 6.61 Å². The van der Waals surface area contributed by atoms with Crippen LogP contribution >= 0.6 is 0 Å². The molecule has 4 N–H and O–H groups in total. The summed E-state index contributed by atoms with van der Waals surface area (Å²) in [5, 5.41) is 0. The SMILES string of the molecule is CCOC(=O)CCc1cccc(-c2cc(N)ccc2-c2ccc(N)cc2)c1. The lowest BCUT2D eigenvalue weighted by Crippen LogP contribution is -2.05. The van der Waals surface area contributed by atoms with Crippen LogP contribution in [0.3, 0.4) is 0 Å². The fourth-order valence-electron chi connectivity index (χ4n) is 3.09. The Balaban J connectivity index is 1.94. The molecule has 0 unspecified atom stereocenters. The highest BCUT2D eigenvalue weighted by Crippen LogP contribution is 2.34. The molecule has 0 aliphatic rings. The van der Waals surface area contributed by atoms with Crippen LogP contribution in [0.2, 0.25) is 0 Å².